The zero-order valence-electron chi connectivity index (χ0n) is 20.4. The number of ether oxygens (including phenoxy) is 1. The highest BCUT2D eigenvalue weighted by Gasteiger charge is 2.71. The van der Waals surface area contributed by atoms with Crippen molar-refractivity contribution in [3.05, 3.63) is 93.7 Å². The fourth-order valence-corrected chi connectivity index (χ4v) is 3.59. The number of aliphatic hydroxyl groups is 2. The number of alkyl halides is 6. The second-order valence-electron chi connectivity index (χ2n) is 9.31. The Bertz CT molecular complexity index is 1390. The molecule has 39 heavy (non-hydrogen) atoms. The van der Waals surface area contributed by atoms with Crippen molar-refractivity contribution in [2.75, 3.05) is 6.61 Å². The van der Waals surface area contributed by atoms with Gasteiger partial charge in [-0.2, -0.15) is 26.3 Å². The minimum absolute atomic E-state index is 0.0266. The lowest BCUT2D eigenvalue weighted by molar-refractivity contribution is -0.376. The highest BCUT2D eigenvalue weighted by molar-refractivity contribution is 5.97. The van der Waals surface area contributed by atoms with E-state index in [1.54, 1.807) is 0 Å². The molecule has 0 saturated heterocycles. The average Bonchev–Trinajstić information content (AvgIpc) is 2.81. The molecule has 0 unspecified atom stereocenters. The van der Waals surface area contributed by atoms with Crippen molar-refractivity contribution in [3.8, 4) is 11.4 Å². The molecule has 0 aliphatic heterocycles. The highest BCUT2D eigenvalue weighted by atomic mass is 19.4. The molecule has 13 heteroatoms. The number of nitrogens with zero attached hydrogens (tertiary/aromatic N) is 1. The van der Waals surface area contributed by atoms with E-state index in [4.69, 9.17) is 4.74 Å². The number of aromatic nitrogens is 1. The summed E-state index contributed by atoms with van der Waals surface area (Å²) in [5, 5.41) is 19.4. The maximum atomic E-state index is 13.8. The summed E-state index contributed by atoms with van der Waals surface area (Å²) in [5.41, 5.74) is -9.11. The molecule has 0 spiro atoms. The monoisotopic (exact) mass is 561 g/mol. The van der Waals surface area contributed by atoms with Gasteiger partial charge in [0.1, 0.15) is 18.2 Å². The lowest BCUT2D eigenvalue weighted by Crippen LogP contribution is -2.53. The van der Waals surface area contributed by atoms with E-state index in [2.05, 4.69) is 0 Å². The summed E-state index contributed by atoms with van der Waals surface area (Å²) in [6.45, 7) is 2.62. The summed E-state index contributed by atoms with van der Waals surface area (Å²) in [7, 11) is 0. The molecule has 0 aliphatic rings. The minimum Gasteiger partial charge on any atom is -0.488 e. The lowest BCUT2D eigenvalue weighted by atomic mass is 9.91. The van der Waals surface area contributed by atoms with Crippen LogP contribution in [0.4, 0.5) is 30.7 Å². The standard InChI is InChI=1S/C26H22F7NO5/c1-23(2,37)14-39-21-13-17(27)9-10-19(21)34-11-3-4-18(22(34)36)20(35)12-15-5-7-16(8-6-15)24(38,25(28,29)30)26(31,32)33/h3-11,13,37-38H,12,14H2,1-2H3. The van der Waals surface area contributed by atoms with Crippen molar-refractivity contribution in [2.24, 2.45) is 0 Å². The van der Waals surface area contributed by atoms with Crippen LogP contribution in [0.15, 0.2) is 65.6 Å². The Balaban J connectivity index is 1.92. The van der Waals surface area contributed by atoms with Gasteiger partial charge in [-0.05, 0) is 43.7 Å². The third-order valence-corrected chi connectivity index (χ3v) is 5.57. The second kappa shape index (κ2) is 10.5. The fraction of sp³-hybridized carbons (Fsp3) is 0.308. The van der Waals surface area contributed by atoms with E-state index in [1.165, 1.54) is 38.2 Å². The number of hydrogen-bond acceptors (Lipinski definition) is 5. The maximum absolute atomic E-state index is 13.8. The lowest BCUT2D eigenvalue weighted by Gasteiger charge is -2.32. The second-order valence-corrected chi connectivity index (χ2v) is 9.31. The molecule has 1 aromatic heterocycles. The summed E-state index contributed by atoms with van der Waals surface area (Å²) in [6.07, 6.45) is -11.4. The average molecular weight is 561 g/mol. The van der Waals surface area contributed by atoms with Crippen molar-refractivity contribution in [1.29, 1.82) is 0 Å². The Labute approximate surface area is 216 Å². The van der Waals surface area contributed by atoms with E-state index >= 15 is 0 Å². The van der Waals surface area contributed by atoms with Gasteiger partial charge >= 0.3 is 12.4 Å². The van der Waals surface area contributed by atoms with Crippen molar-refractivity contribution < 1.29 is 50.5 Å². The molecule has 0 amide bonds. The number of benzene rings is 2. The van der Waals surface area contributed by atoms with Gasteiger partial charge in [-0.25, -0.2) is 4.39 Å². The zero-order chi connectivity index (χ0) is 29.4. The first kappa shape index (κ1) is 29.8. The van der Waals surface area contributed by atoms with Crippen LogP contribution in [0, 0.1) is 5.82 Å². The maximum Gasteiger partial charge on any atom is 0.430 e. The van der Waals surface area contributed by atoms with E-state index in [9.17, 15) is 50.5 Å². The molecule has 0 radical (unpaired) electrons. The molecule has 2 N–H and O–H groups in total. The van der Waals surface area contributed by atoms with Crippen LogP contribution < -0.4 is 10.3 Å². The van der Waals surface area contributed by atoms with Gasteiger partial charge in [-0.1, -0.05) is 24.3 Å². The first-order chi connectivity index (χ1) is 17.8. The predicted octanol–water partition coefficient (Wildman–Crippen LogP) is 4.86. The van der Waals surface area contributed by atoms with Gasteiger partial charge in [0, 0.05) is 24.2 Å². The molecule has 0 bridgehead atoms. The van der Waals surface area contributed by atoms with E-state index in [1.807, 2.05) is 0 Å². The normalized spacial score (nSPS) is 12.9. The minimum atomic E-state index is -6.06. The third-order valence-electron chi connectivity index (χ3n) is 5.57. The predicted molar refractivity (Wildman–Crippen MR) is 124 cm³/mol. The van der Waals surface area contributed by atoms with Crippen molar-refractivity contribution >= 4 is 5.78 Å². The number of carbonyl (C=O) groups excluding carboxylic acids is 1. The van der Waals surface area contributed by atoms with Gasteiger partial charge in [-0.15, -0.1) is 0 Å². The highest BCUT2D eigenvalue weighted by Crippen LogP contribution is 2.50. The van der Waals surface area contributed by atoms with Crippen molar-refractivity contribution in [1.82, 2.24) is 4.57 Å². The van der Waals surface area contributed by atoms with Crippen LogP contribution in [0.5, 0.6) is 5.75 Å². The molecule has 0 atom stereocenters. The smallest absolute Gasteiger partial charge is 0.430 e. The van der Waals surface area contributed by atoms with E-state index in [0.29, 0.717) is 12.1 Å². The number of pyridine rings is 1. The van der Waals surface area contributed by atoms with Crippen LogP contribution >= 0.6 is 0 Å². The summed E-state index contributed by atoms with van der Waals surface area (Å²) in [4.78, 5) is 26.0. The quantitative estimate of drug-likeness (QED) is 0.303. The first-order valence-electron chi connectivity index (χ1n) is 11.2. The fourth-order valence-electron chi connectivity index (χ4n) is 3.59. The molecule has 2 aromatic carbocycles. The Hall–Kier alpha value is -3.71. The SMILES string of the molecule is CC(C)(O)COc1cc(F)ccc1-n1cccc(C(=O)Cc2ccc(C(O)(C(F)(F)F)C(F)(F)F)cc2)c1=O. The molecule has 0 fully saturated rings. The van der Waals surface area contributed by atoms with Crippen LogP contribution in [-0.2, 0) is 12.0 Å². The number of Topliss-reactive ketones (excluding diaryl/α,β-unsaturated/α-hetero) is 1. The van der Waals surface area contributed by atoms with Gasteiger partial charge in [0.25, 0.3) is 11.2 Å². The molecular formula is C26H22F7NO5. The summed E-state index contributed by atoms with van der Waals surface area (Å²) in [6, 6.07) is 8.14. The van der Waals surface area contributed by atoms with Crippen LogP contribution in [-0.4, -0.2) is 45.1 Å². The van der Waals surface area contributed by atoms with E-state index in [0.717, 1.165) is 28.8 Å². The van der Waals surface area contributed by atoms with Crippen LogP contribution in [0.1, 0.15) is 35.3 Å². The number of halogens is 7. The number of carbonyl (C=O) groups is 1. The molecule has 3 rings (SSSR count). The van der Waals surface area contributed by atoms with Crippen LogP contribution in [0.25, 0.3) is 5.69 Å². The number of ketones is 1. The van der Waals surface area contributed by atoms with Crippen molar-refractivity contribution in [3.63, 3.8) is 0 Å². The Kier molecular flexibility index (Phi) is 8.00. The Morgan fingerprint density at radius 1 is 0.923 bits per heavy atom. The largest absolute Gasteiger partial charge is 0.488 e. The molecule has 3 aromatic rings. The molecule has 6 nitrogen and oxygen atoms in total. The van der Waals surface area contributed by atoms with Crippen LogP contribution in [0.3, 0.4) is 0 Å². The van der Waals surface area contributed by atoms with Gasteiger partial charge in [0.2, 0.25) is 0 Å². The van der Waals surface area contributed by atoms with Gasteiger partial charge < -0.3 is 14.9 Å². The Morgan fingerprint density at radius 2 is 1.51 bits per heavy atom. The number of hydrogen-bond donors (Lipinski definition) is 2. The molecule has 210 valence electrons. The molecule has 0 aliphatic carbocycles. The van der Waals surface area contributed by atoms with Crippen LogP contribution in [0.2, 0.25) is 0 Å². The first-order valence-corrected chi connectivity index (χ1v) is 11.2. The third kappa shape index (κ3) is 6.31. The van der Waals surface area contributed by atoms with Gasteiger partial charge in [0.15, 0.2) is 5.78 Å². The van der Waals surface area contributed by atoms with Gasteiger partial charge in [-0.3, -0.25) is 14.2 Å². The van der Waals surface area contributed by atoms with Crippen molar-refractivity contribution in [2.45, 2.75) is 43.8 Å². The van der Waals surface area contributed by atoms with E-state index < -0.39 is 52.7 Å². The summed E-state index contributed by atoms with van der Waals surface area (Å²) in [5.74, 6) is -1.62. The number of rotatable bonds is 8. The Morgan fingerprint density at radius 3 is 2.05 bits per heavy atom. The topological polar surface area (TPSA) is 88.8 Å². The van der Waals surface area contributed by atoms with E-state index in [-0.39, 0.29) is 29.2 Å². The zero-order valence-corrected chi connectivity index (χ0v) is 20.4. The summed E-state index contributed by atoms with van der Waals surface area (Å²) >= 11 is 0. The molecular weight excluding hydrogens is 539 g/mol. The summed E-state index contributed by atoms with van der Waals surface area (Å²) < 4.78 is 98.9. The molecule has 1 heterocycles. The van der Waals surface area contributed by atoms with Gasteiger partial charge in [0.05, 0.1) is 16.9 Å². The molecule has 0 saturated carbocycles.